The van der Waals surface area contributed by atoms with Crippen LogP contribution in [-0.2, 0) is 15.0 Å². The first-order valence-corrected chi connectivity index (χ1v) is 8.83. The lowest BCUT2D eigenvalue weighted by Crippen LogP contribution is -2.52. The average molecular weight is 304 g/mol. The SMILES string of the molecule is CC1CCC(CNS(=O)(=O)N2CCCCC2C(=O)O)C1. The normalized spacial score (nSPS) is 32.4. The molecule has 1 heterocycles. The van der Waals surface area contributed by atoms with E-state index in [9.17, 15) is 13.2 Å². The molecule has 0 spiro atoms. The van der Waals surface area contributed by atoms with Crippen molar-refractivity contribution >= 4 is 16.2 Å². The quantitative estimate of drug-likeness (QED) is 0.799. The van der Waals surface area contributed by atoms with Gasteiger partial charge in [-0.2, -0.15) is 12.7 Å². The lowest BCUT2D eigenvalue weighted by Gasteiger charge is -2.32. The van der Waals surface area contributed by atoms with Crippen LogP contribution in [0.15, 0.2) is 0 Å². The fourth-order valence-electron chi connectivity index (χ4n) is 3.26. The Morgan fingerprint density at radius 1 is 1.30 bits per heavy atom. The van der Waals surface area contributed by atoms with Gasteiger partial charge in [0.05, 0.1) is 0 Å². The molecule has 1 saturated carbocycles. The molecule has 7 heteroatoms. The molecular formula is C13H24N2O4S. The Balaban J connectivity index is 1.95. The Hall–Kier alpha value is -0.660. The van der Waals surface area contributed by atoms with Gasteiger partial charge in [0.2, 0.25) is 0 Å². The van der Waals surface area contributed by atoms with Crippen molar-refractivity contribution in [3.8, 4) is 0 Å². The molecule has 116 valence electrons. The molecule has 1 aliphatic carbocycles. The highest BCUT2D eigenvalue weighted by molar-refractivity contribution is 7.87. The third kappa shape index (κ3) is 3.71. The number of nitrogens with zero attached hydrogens (tertiary/aromatic N) is 1. The summed E-state index contributed by atoms with van der Waals surface area (Å²) in [6, 6.07) is -0.913. The minimum atomic E-state index is -3.68. The predicted octanol–water partition coefficient (Wildman–Crippen LogP) is 1.20. The molecule has 0 aromatic rings. The molecular weight excluding hydrogens is 280 g/mol. The molecule has 1 aliphatic heterocycles. The smallest absolute Gasteiger partial charge is 0.322 e. The van der Waals surface area contributed by atoms with Crippen LogP contribution in [0.25, 0.3) is 0 Å². The second-order valence-corrected chi connectivity index (χ2v) is 7.81. The summed E-state index contributed by atoms with van der Waals surface area (Å²) >= 11 is 0. The number of carboxylic acids is 1. The molecule has 0 bridgehead atoms. The largest absolute Gasteiger partial charge is 0.480 e. The van der Waals surface area contributed by atoms with Gasteiger partial charge in [0, 0.05) is 13.1 Å². The number of hydrogen-bond acceptors (Lipinski definition) is 3. The monoisotopic (exact) mass is 304 g/mol. The van der Waals surface area contributed by atoms with Crippen LogP contribution in [0.3, 0.4) is 0 Å². The van der Waals surface area contributed by atoms with Crippen molar-refractivity contribution in [1.29, 1.82) is 0 Å². The van der Waals surface area contributed by atoms with E-state index in [4.69, 9.17) is 5.11 Å². The summed E-state index contributed by atoms with van der Waals surface area (Å²) in [6.45, 7) is 2.91. The van der Waals surface area contributed by atoms with Crippen molar-refractivity contribution in [2.45, 2.75) is 51.5 Å². The van der Waals surface area contributed by atoms with E-state index in [1.807, 2.05) is 0 Å². The molecule has 6 nitrogen and oxygen atoms in total. The molecule has 0 aromatic heterocycles. The molecule has 2 aliphatic rings. The molecule has 2 fully saturated rings. The van der Waals surface area contributed by atoms with Gasteiger partial charge in [0.1, 0.15) is 6.04 Å². The van der Waals surface area contributed by atoms with Crippen LogP contribution in [0.2, 0.25) is 0 Å². The van der Waals surface area contributed by atoms with Gasteiger partial charge < -0.3 is 5.11 Å². The zero-order valence-corrected chi connectivity index (χ0v) is 12.7. The van der Waals surface area contributed by atoms with E-state index in [1.165, 1.54) is 0 Å². The van der Waals surface area contributed by atoms with E-state index in [0.717, 1.165) is 36.4 Å². The average Bonchev–Trinajstić information content (AvgIpc) is 2.82. The maximum atomic E-state index is 12.3. The number of carboxylic acid groups (broad SMARTS) is 1. The minimum absolute atomic E-state index is 0.299. The van der Waals surface area contributed by atoms with E-state index in [1.54, 1.807) is 0 Å². The summed E-state index contributed by atoms with van der Waals surface area (Å²) < 4.78 is 28.3. The van der Waals surface area contributed by atoms with Gasteiger partial charge in [0.25, 0.3) is 10.2 Å². The number of nitrogens with one attached hydrogen (secondary N) is 1. The molecule has 3 atom stereocenters. The number of carbonyl (C=O) groups is 1. The van der Waals surface area contributed by atoms with Crippen molar-refractivity contribution in [3.05, 3.63) is 0 Å². The maximum absolute atomic E-state index is 12.3. The Labute approximate surface area is 120 Å². The second kappa shape index (κ2) is 6.41. The van der Waals surface area contributed by atoms with E-state index < -0.39 is 22.2 Å². The van der Waals surface area contributed by atoms with Crippen LogP contribution in [-0.4, -0.2) is 42.9 Å². The van der Waals surface area contributed by atoms with E-state index in [-0.39, 0.29) is 0 Å². The van der Waals surface area contributed by atoms with Gasteiger partial charge in [-0.25, -0.2) is 4.72 Å². The first-order chi connectivity index (χ1) is 9.40. The zero-order chi connectivity index (χ0) is 14.8. The summed E-state index contributed by atoms with van der Waals surface area (Å²) in [5.41, 5.74) is 0. The summed E-state index contributed by atoms with van der Waals surface area (Å²) in [6.07, 6.45) is 5.13. The van der Waals surface area contributed by atoms with Crippen LogP contribution >= 0.6 is 0 Å². The van der Waals surface area contributed by atoms with Crippen molar-refractivity contribution < 1.29 is 18.3 Å². The highest BCUT2D eigenvalue weighted by Crippen LogP contribution is 2.30. The minimum Gasteiger partial charge on any atom is -0.480 e. The maximum Gasteiger partial charge on any atom is 0.322 e. The van der Waals surface area contributed by atoms with E-state index >= 15 is 0 Å². The summed E-state index contributed by atoms with van der Waals surface area (Å²) in [7, 11) is -3.68. The summed E-state index contributed by atoms with van der Waals surface area (Å²) in [5.74, 6) is -0.0105. The second-order valence-electron chi connectivity index (χ2n) is 6.10. The highest BCUT2D eigenvalue weighted by atomic mass is 32.2. The number of rotatable bonds is 5. The predicted molar refractivity (Wildman–Crippen MR) is 75.4 cm³/mol. The fraction of sp³-hybridized carbons (Fsp3) is 0.923. The van der Waals surface area contributed by atoms with Crippen molar-refractivity contribution in [2.75, 3.05) is 13.1 Å². The Morgan fingerprint density at radius 3 is 2.65 bits per heavy atom. The van der Waals surface area contributed by atoms with Crippen LogP contribution in [0.4, 0.5) is 0 Å². The van der Waals surface area contributed by atoms with Crippen LogP contribution < -0.4 is 4.72 Å². The van der Waals surface area contributed by atoms with Gasteiger partial charge in [-0.1, -0.05) is 13.3 Å². The Morgan fingerprint density at radius 2 is 2.05 bits per heavy atom. The molecule has 2 rings (SSSR count). The molecule has 0 aromatic carbocycles. The Kier molecular flexibility index (Phi) is 5.04. The first-order valence-electron chi connectivity index (χ1n) is 7.39. The molecule has 2 N–H and O–H groups in total. The highest BCUT2D eigenvalue weighted by Gasteiger charge is 2.37. The third-order valence-corrected chi connectivity index (χ3v) is 5.99. The third-order valence-electron chi connectivity index (χ3n) is 4.41. The standard InChI is InChI=1S/C13H24N2O4S/c1-10-5-6-11(8-10)9-14-20(18,19)15-7-3-2-4-12(15)13(16)17/h10-12,14H,2-9H2,1H3,(H,16,17). The van der Waals surface area contributed by atoms with Crippen LogP contribution in [0.5, 0.6) is 0 Å². The Bertz CT molecular complexity index is 451. The van der Waals surface area contributed by atoms with Gasteiger partial charge in [-0.15, -0.1) is 0 Å². The van der Waals surface area contributed by atoms with Crippen molar-refractivity contribution in [2.24, 2.45) is 11.8 Å². The number of piperidine rings is 1. The lowest BCUT2D eigenvalue weighted by atomic mass is 10.1. The first kappa shape index (κ1) is 15.7. The van der Waals surface area contributed by atoms with E-state index in [0.29, 0.717) is 31.3 Å². The number of aliphatic carboxylic acids is 1. The lowest BCUT2D eigenvalue weighted by molar-refractivity contribution is -0.142. The van der Waals surface area contributed by atoms with Crippen LogP contribution in [0, 0.1) is 11.8 Å². The summed E-state index contributed by atoms with van der Waals surface area (Å²) in [4.78, 5) is 11.2. The number of hydrogen-bond donors (Lipinski definition) is 2. The topological polar surface area (TPSA) is 86.7 Å². The fourth-order valence-corrected chi connectivity index (χ4v) is 4.77. The summed E-state index contributed by atoms with van der Waals surface area (Å²) in [5, 5.41) is 9.15. The van der Waals surface area contributed by atoms with Gasteiger partial charge >= 0.3 is 5.97 Å². The van der Waals surface area contributed by atoms with Crippen molar-refractivity contribution in [3.63, 3.8) is 0 Å². The van der Waals surface area contributed by atoms with Gasteiger partial charge in [0.15, 0.2) is 0 Å². The van der Waals surface area contributed by atoms with Gasteiger partial charge in [-0.3, -0.25) is 4.79 Å². The molecule has 3 unspecified atom stereocenters. The molecule has 1 saturated heterocycles. The van der Waals surface area contributed by atoms with E-state index in [2.05, 4.69) is 11.6 Å². The zero-order valence-electron chi connectivity index (χ0n) is 11.9. The molecule has 0 radical (unpaired) electrons. The van der Waals surface area contributed by atoms with Gasteiger partial charge in [-0.05, 0) is 43.9 Å². The van der Waals surface area contributed by atoms with Crippen LogP contribution in [0.1, 0.15) is 45.4 Å². The molecule has 0 amide bonds. The van der Waals surface area contributed by atoms with Crippen molar-refractivity contribution in [1.82, 2.24) is 9.03 Å². The molecule has 20 heavy (non-hydrogen) atoms.